The Morgan fingerprint density at radius 2 is 2.43 bits per heavy atom. The van der Waals surface area contributed by atoms with Gasteiger partial charge in [0.15, 0.2) is 0 Å². The first-order valence-corrected chi connectivity index (χ1v) is 2.09. The average molecular weight is 101 g/mol. The molecule has 0 saturated carbocycles. The van der Waals surface area contributed by atoms with Gasteiger partial charge in [0.05, 0.1) is 0 Å². The summed E-state index contributed by atoms with van der Waals surface area (Å²) in [5, 5.41) is 0. The zero-order chi connectivity index (χ0) is 5.11. The third-order valence-electron chi connectivity index (χ3n) is 0.648. The molecule has 0 amide bonds. The van der Waals surface area contributed by atoms with Crippen LogP contribution >= 0.6 is 0 Å². The Bertz CT molecular complexity index is 73.8. The van der Waals surface area contributed by atoms with Gasteiger partial charge in [-0.15, -0.1) is 0 Å². The minimum Gasteiger partial charge on any atom is -0.476 e. The Morgan fingerprint density at radius 1 is 1.57 bits per heavy atom. The van der Waals surface area contributed by atoms with E-state index in [0.717, 1.165) is 0 Å². The lowest BCUT2D eigenvalue weighted by atomic mass is 10.7. The van der Waals surface area contributed by atoms with E-state index in [-0.39, 0.29) is 0 Å². The Balaban J connectivity index is 2.25. The highest BCUT2D eigenvalue weighted by molar-refractivity contribution is 4.75. The normalized spacial score (nSPS) is 20.3. The van der Waals surface area contributed by atoms with Crippen LogP contribution in [-0.2, 0) is 9.57 Å². The van der Waals surface area contributed by atoms with Crippen LogP contribution in [0, 0.1) is 0 Å². The Kier molecular flexibility index (Phi) is 1.17. The minimum absolute atomic E-state index is 0.492. The van der Waals surface area contributed by atoms with Crippen molar-refractivity contribution in [1.82, 2.24) is 5.48 Å². The van der Waals surface area contributed by atoms with Gasteiger partial charge in [0, 0.05) is 0 Å². The van der Waals surface area contributed by atoms with Gasteiger partial charge in [-0.2, -0.15) is 0 Å². The zero-order valence-corrected chi connectivity index (χ0v) is 3.94. The van der Waals surface area contributed by atoms with Gasteiger partial charge in [-0.25, -0.2) is 5.48 Å². The van der Waals surface area contributed by atoms with E-state index < -0.39 is 0 Å². The molecule has 0 unspecified atom stereocenters. The highest BCUT2D eigenvalue weighted by Gasteiger charge is 1.98. The highest BCUT2D eigenvalue weighted by atomic mass is 16.7. The summed E-state index contributed by atoms with van der Waals surface area (Å²) in [6, 6.07) is 0. The van der Waals surface area contributed by atoms with Crippen molar-refractivity contribution in [3.63, 3.8) is 0 Å². The number of rotatable bonds is 0. The molecule has 0 aromatic rings. The van der Waals surface area contributed by atoms with Crippen LogP contribution in [0.3, 0.4) is 0 Å². The van der Waals surface area contributed by atoms with E-state index in [0.29, 0.717) is 19.1 Å². The van der Waals surface area contributed by atoms with Crippen molar-refractivity contribution < 1.29 is 9.57 Å². The third-order valence-corrected chi connectivity index (χ3v) is 0.648. The quantitative estimate of drug-likeness (QED) is 0.466. The molecule has 3 heteroatoms. The molecule has 0 aromatic heterocycles. The van der Waals surface area contributed by atoms with Gasteiger partial charge in [0.25, 0.3) is 0 Å². The van der Waals surface area contributed by atoms with Crippen LogP contribution < -0.4 is 5.48 Å². The third kappa shape index (κ3) is 1.08. The van der Waals surface area contributed by atoms with Crippen LogP contribution in [0.4, 0.5) is 0 Å². The lowest BCUT2D eigenvalue weighted by Gasteiger charge is -2.15. The van der Waals surface area contributed by atoms with Crippen LogP contribution in [0.2, 0.25) is 0 Å². The van der Waals surface area contributed by atoms with Gasteiger partial charge < -0.3 is 4.74 Å². The Morgan fingerprint density at radius 3 is 2.71 bits per heavy atom. The molecule has 40 valence electrons. The summed E-state index contributed by atoms with van der Waals surface area (Å²) in [5.74, 6) is 0.492. The van der Waals surface area contributed by atoms with Gasteiger partial charge in [-0.05, 0) is 6.58 Å². The van der Waals surface area contributed by atoms with Crippen molar-refractivity contribution in [2.24, 2.45) is 0 Å². The predicted octanol–water partition coefficient (Wildman–Crippen LogP) is 0.00900. The average Bonchev–Trinajstić information content (AvgIpc) is 1.69. The van der Waals surface area contributed by atoms with Gasteiger partial charge in [0.1, 0.15) is 13.2 Å². The predicted molar refractivity (Wildman–Crippen MR) is 24.2 cm³/mol. The van der Waals surface area contributed by atoms with Crippen molar-refractivity contribution in [2.75, 3.05) is 13.2 Å². The molecule has 1 aliphatic rings. The standard InChI is InChI=1S/C4H7NO2/c1-4-5-7-3-2-6-4/h5H,1-3H2. The van der Waals surface area contributed by atoms with E-state index in [4.69, 9.17) is 9.57 Å². The molecular weight excluding hydrogens is 94.0 g/mol. The van der Waals surface area contributed by atoms with Crippen molar-refractivity contribution in [3.8, 4) is 0 Å². The second kappa shape index (κ2) is 1.84. The van der Waals surface area contributed by atoms with E-state index in [1.54, 1.807) is 0 Å². The fourth-order valence-corrected chi connectivity index (χ4v) is 0.368. The molecule has 7 heavy (non-hydrogen) atoms. The Labute approximate surface area is 41.9 Å². The molecule has 1 aliphatic heterocycles. The summed E-state index contributed by atoms with van der Waals surface area (Å²) in [5.41, 5.74) is 2.47. The molecule has 0 aromatic carbocycles. The molecule has 0 aliphatic carbocycles. The fourth-order valence-electron chi connectivity index (χ4n) is 0.368. The molecular formula is C4H7NO2. The molecule has 0 atom stereocenters. The van der Waals surface area contributed by atoms with Crippen LogP contribution in [-0.4, -0.2) is 13.2 Å². The zero-order valence-electron chi connectivity index (χ0n) is 3.94. The molecule has 0 radical (unpaired) electrons. The number of ether oxygens (including phenoxy) is 1. The summed E-state index contributed by atoms with van der Waals surface area (Å²) in [6.45, 7) is 4.66. The maximum Gasteiger partial charge on any atom is 0.203 e. The van der Waals surface area contributed by atoms with E-state index in [9.17, 15) is 0 Å². The molecule has 0 spiro atoms. The fraction of sp³-hybridized carbons (Fsp3) is 0.500. The summed E-state index contributed by atoms with van der Waals surface area (Å²) in [4.78, 5) is 4.71. The van der Waals surface area contributed by atoms with Crippen LogP contribution in [0.25, 0.3) is 0 Å². The number of hydrogen-bond acceptors (Lipinski definition) is 3. The lowest BCUT2D eigenvalue weighted by molar-refractivity contribution is -0.0562. The van der Waals surface area contributed by atoms with Gasteiger partial charge in [-0.1, -0.05) is 0 Å². The van der Waals surface area contributed by atoms with Crippen molar-refractivity contribution in [2.45, 2.75) is 0 Å². The van der Waals surface area contributed by atoms with Crippen molar-refractivity contribution in [3.05, 3.63) is 12.5 Å². The molecule has 1 rings (SSSR count). The molecule has 1 N–H and O–H groups in total. The van der Waals surface area contributed by atoms with Crippen molar-refractivity contribution in [1.29, 1.82) is 0 Å². The second-order valence-electron chi connectivity index (χ2n) is 1.22. The molecule has 1 saturated heterocycles. The summed E-state index contributed by atoms with van der Waals surface area (Å²) in [7, 11) is 0. The van der Waals surface area contributed by atoms with Crippen LogP contribution in [0.1, 0.15) is 0 Å². The molecule has 0 bridgehead atoms. The first kappa shape index (κ1) is 4.46. The van der Waals surface area contributed by atoms with Gasteiger partial charge in [-0.3, -0.25) is 4.84 Å². The van der Waals surface area contributed by atoms with Crippen LogP contribution in [0.15, 0.2) is 12.5 Å². The maximum absolute atomic E-state index is 4.85. The van der Waals surface area contributed by atoms with Gasteiger partial charge >= 0.3 is 0 Å². The van der Waals surface area contributed by atoms with Crippen LogP contribution in [0.5, 0.6) is 0 Å². The SMILES string of the molecule is C=C1NOCCO1. The number of hydroxylamine groups is 1. The molecule has 1 fully saturated rings. The number of nitrogens with one attached hydrogen (secondary N) is 1. The smallest absolute Gasteiger partial charge is 0.203 e. The molecule has 3 nitrogen and oxygen atoms in total. The summed E-state index contributed by atoms with van der Waals surface area (Å²) in [6.07, 6.45) is 0. The second-order valence-corrected chi connectivity index (χ2v) is 1.22. The van der Waals surface area contributed by atoms with E-state index in [2.05, 4.69) is 12.1 Å². The van der Waals surface area contributed by atoms with Gasteiger partial charge in [0.2, 0.25) is 5.88 Å². The van der Waals surface area contributed by atoms with E-state index in [1.807, 2.05) is 0 Å². The number of hydrogen-bond donors (Lipinski definition) is 1. The largest absolute Gasteiger partial charge is 0.476 e. The summed E-state index contributed by atoms with van der Waals surface area (Å²) < 4.78 is 4.85. The van der Waals surface area contributed by atoms with Crippen molar-refractivity contribution >= 4 is 0 Å². The topological polar surface area (TPSA) is 30.5 Å². The highest BCUT2D eigenvalue weighted by Crippen LogP contribution is 1.92. The Hall–Kier alpha value is -0.700. The van der Waals surface area contributed by atoms with E-state index in [1.165, 1.54) is 0 Å². The lowest BCUT2D eigenvalue weighted by Crippen LogP contribution is -2.25. The molecule has 1 heterocycles. The minimum atomic E-state index is 0.492. The first-order chi connectivity index (χ1) is 3.39. The maximum atomic E-state index is 4.85. The first-order valence-electron chi connectivity index (χ1n) is 2.09. The monoisotopic (exact) mass is 101 g/mol. The van der Waals surface area contributed by atoms with E-state index >= 15 is 0 Å². The summed E-state index contributed by atoms with van der Waals surface area (Å²) >= 11 is 0.